The summed E-state index contributed by atoms with van der Waals surface area (Å²) in [6.45, 7) is 0.837. The van der Waals surface area contributed by atoms with Crippen molar-refractivity contribution in [2.24, 2.45) is 5.73 Å². The number of hydrogen-bond donors (Lipinski definition) is 2. The first-order valence-corrected chi connectivity index (χ1v) is 6.88. The standard InChI is InChI=1S/C15H17N5O/c16-11-8-12(14(17)21)15(19-9-11)20-7-1-2-13(20)10-3-5-18-6-4-10/h3-6,8-9,13H,1-2,7,16H2,(H2,17,21). The van der Waals surface area contributed by atoms with Gasteiger partial charge in [0.15, 0.2) is 0 Å². The Morgan fingerprint density at radius 1 is 1.33 bits per heavy atom. The van der Waals surface area contributed by atoms with E-state index in [-0.39, 0.29) is 6.04 Å². The zero-order valence-electron chi connectivity index (χ0n) is 11.6. The molecule has 0 spiro atoms. The molecule has 0 bridgehead atoms. The van der Waals surface area contributed by atoms with E-state index in [9.17, 15) is 4.79 Å². The van der Waals surface area contributed by atoms with Gasteiger partial charge in [0.2, 0.25) is 0 Å². The lowest BCUT2D eigenvalue weighted by Gasteiger charge is -2.27. The maximum atomic E-state index is 11.7. The smallest absolute Gasteiger partial charge is 0.252 e. The second kappa shape index (κ2) is 5.40. The van der Waals surface area contributed by atoms with Crippen LogP contribution < -0.4 is 16.4 Å². The van der Waals surface area contributed by atoms with Gasteiger partial charge in [-0.1, -0.05) is 0 Å². The summed E-state index contributed by atoms with van der Waals surface area (Å²) in [5.74, 6) is 0.0983. The van der Waals surface area contributed by atoms with Gasteiger partial charge in [0.05, 0.1) is 23.5 Å². The summed E-state index contributed by atoms with van der Waals surface area (Å²) in [6.07, 6.45) is 7.16. The molecule has 1 amide bonds. The van der Waals surface area contributed by atoms with Crippen LogP contribution in [0.5, 0.6) is 0 Å². The van der Waals surface area contributed by atoms with Gasteiger partial charge in [-0.05, 0) is 36.6 Å². The molecule has 0 radical (unpaired) electrons. The van der Waals surface area contributed by atoms with Gasteiger partial charge >= 0.3 is 0 Å². The van der Waals surface area contributed by atoms with Crippen molar-refractivity contribution in [3.05, 3.63) is 47.9 Å². The van der Waals surface area contributed by atoms with Crippen molar-refractivity contribution < 1.29 is 4.79 Å². The quantitative estimate of drug-likeness (QED) is 0.889. The summed E-state index contributed by atoms with van der Waals surface area (Å²) in [4.78, 5) is 22.2. The molecule has 1 aliphatic heterocycles. The topological polar surface area (TPSA) is 98.1 Å². The highest BCUT2D eigenvalue weighted by molar-refractivity contribution is 5.98. The fourth-order valence-corrected chi connectivity index (χ4v) is 2.84. The summed E-state index contributed by atoms with van der Waals surface area (Å²) in [5, 5.41) is 0. The van der Waals surface area contributed by atoms with Gasteiger partial charge in [0, 0.05) is 18.9 Å². The molecule has 3 rings (SSSR count). The molecule has 21 heavy (non-hydrogen) atoms. The van der Waals surface area contributed by atoms with E-state index < -0.39 is 5.91 Å². The van der Waals surface area contributed by atoms with Gasteiger partial charge in [0.25, 0.3) is 5.91 Å². The first kappa shape index (κ1) is 13.4. The highest BCUT2D eigenvalue weighted by atomic mass is 16.1. The van der Waals surface area contributed by atoms with Crippen LogP contribution in [-0.4, -0.2) is 22.4 Å². The molecule has 1 fully saturated rings. The normalized spacial score (nSPS) is 17.9. The predicted molar refractivity (Wildman–Crippen MR) is 80.7 cm³/mol. The number of carbonyl (C=O) groups is 1. The van der Waals surface area contributed by atoms with Crippen LogP contribution in [-0.2, 0) is 0 Å². The summed E-state index contributed by atoms with van der Waals surface area (Å²) in [5.41, 5.74) is 13.1. The molecule has 2 aromatic rings. The molecule has 1 atom stereocenters. The van der Waals surface area contributed by atoms with Crippen LogP contribution >= 0.6 is 0 Å². The number of hydrogen-bond acceptors (Lipinski definition) is 5. The van der Waals surface area contributed by atoms with Crippen LogP contribution in [0.15, 0.2) is 36.8 Å². The average molecular weight is 283 g/mol. The van der Waals surface area contributed by atoms with E-state index in [4.69, 9.17) is 11.5 Å². The summed E-state index contributed by atoms with van der Waals surface area (Å²) in [7, 11) is 0. The van der Waals surface area contributed by atoms with E-state index in [0.29, 0.717) is 17.1 Å². The Balaban J connectivity index is 2.01. The third-order valence-electron chi connectivity index (χ3n) is 3.77. The van der Waals surface area contributed by atoms with Crippen LogP contribution in [0.2, 0.25) is 0 Å². The van der Waals surface area contributed by atoms with E-state index >= 15 is 0 Å². The molecule has 6 nitrogen and oxygen atoms in total. The Labute approximate surface area is 122 Å². The molecule has 3 heterocycles. The minimum Gasteiger partial charge on any atom is -0.397 e. The molecule has 2 aromatic heterocycles. The Bertz CT molecular complexity index is 658. The Morgan fingerprint density at radius 2 is 2.10 bits per heavy atom. The van der Waals surface area contributed by atoms with Gasteiger partial charge in [-0.2, -0.15) is 0 Å². The van der Waals surface area contributed by atoms with Crippen molar-refractivity contribution >= 4 is 17.4 Å². The zero-order chi connectivity index (χ0) is 14.8. The Morgan fingerprint density at radius 3 is 2.81 bits per heavy atom. The largest absolute Gasteiger partial charge is 0.397 e. The second-order valence-corrected chi connectivity index (χ2v) is 5.14. The highest BCUT2D eigenvalue weighted by Gasteiger charge is 2.29. The Kier molecular flexibility index (Phi) is 3.43. The van der Waals surface area contributed by atoms with Crippen molar-refractivity contribution in [1.29, 1.82) is 0 Å². The molecule has 4 N–H and O–H groups in total. The molecule has 6 heteroatoms. The summed E-state index contributed by atoms with van der Waals surface area (Å²) in [6, 6.07) is 5.75. The van der Waals surface area contributed by atoms with E-state index in [1.807, 2.05) is 12.1 Å². The number of nitrogens with zero attached hydrogens (tertiary/aromatic N) is 3. The van der Waals surface area contributed by atoms with Gasteiger partial charge in [0.1, 0.15) is 5.82 Å². The van der Waals surface area contributed by atoms with Crippen molar-refractivity contribution in [2.45, 2.75) is 18.9 Å². The van der Waals surface area contributed by atoms with E-state index in [2.05, 4.69) is 14.9 Å². The monoisotopic (exact) mass is 283 g/mol. The number of nitrogens with two attached hydrogens (primary N) is 2. The van der Waals surface area contributed by atoms with E-state index in [1.54, 1.807) is 24.7 Å². The molecular formula is C15H17N5O. The molecule has 0 aromatic carbocycles. The van der Waals surface area contributed by atoms with Gasteiger partial charge < -0.3 is 16.4 Å². The van der Waals surface area contributed by atoms with Crippen molar-refractivity contribution in [3.8, 4) is 0 Å². The minimum absolute atomic E-state index is 0.183. The third-order valence-corrected chi connectivity index (χ3v) is 3.77. The lowest BCUT2D eigenvalue weighted by Crippen LogP contribution is -2.27. The van der Waals surface area contributed by atoms with Gasteiger partial charge in [-0.25, -0.2) is 4.98 Å². The lowest BCUT2D eigenvalue weighted by molar-refractivity contribution is 0.100. The number of rotatable bonds is 3. The SMILES string of the molecule is NC(=O)c1cc(N)cnc1N1CCCC1c1ccncc1. The maximum absolute atomic E-state index is 11.7. The number of nitrogen functional groups attached to an aromatic ring is 1. The molecule has 108 valence electrons. The van der Waals surface area contributed by atoms with Crippen LogP contribution in [0.4, 0.5) is 11.5 Å². The fourth-order valence-electron chi connectivity index (χ4n) is 2.84. The lowest BCUT2D eigenvalue weighted by atomic mass is 10.1. The zero-order valence-corrected chi connectivity index (χ0v) is 11.6. The van der Waals surface area contributed by atoms with Gasteiger partial charge in [-0.3, -0.25) is 9.78 Å². The van der Waals surface area contributed by atoms with Gasteiger partial charge in [-0.15, -0.1) is 0 Å². The first-order valence-electron chi connectivity index (χ1n) is 6.88. The highest BCUT2D eigenvalue weighted by Crippen LogP contribution is 2.36. The molecule has 0 aliphatic carbocycles. The fraction of sp³-hybridized carbons (Fsp3) is 0.267. The van der Waals surface area contributed by atoms with Crippen LogP contribution in [0, 0.1) is 0 Å². The number of pyridine rings is 2. The molecule has 1 unspecified atom stereocenters. The van der Waals surface area contributed by atoms with Crippen molar-refractivity contribution in [3.63, 3.8) is 0 Å². The number of primary amides is 1. The van der Waals surface area contributed by atoms with Crippen molar-refractivity contribution in [1.82, 2.24) is 9.97 Å². The molecule has 1 saturated heterocycles. The van der Waals surface area contributed by atoms with Crippen LogP contribution in [0.25, 0.3) is 0 Å². The summed E-state index contributed by atoms with van der Waals surface area (Å²) >= 11 is 0. The predicted octanol–water partition coefficient (Wildman–Crippen LogP) is 1.50. The second-order valence-electron chi connectivity index (χ2n) is 5.14. The molecular weight excluding hydrogens is 266 g/mol. The van der Waals surface area contributed by atoms with Crippen LogP contribution in [0.3, 0.4) is 0 Å². The van der Waals surface area contributed by atoms with E-state index in [1.165, 1.54) is 0 Å². The third kappa shape index (κ3) is 2.52. The maximum Gasteiger partial charge on any atom is 0.252 e. The summed E-state index contributed by atoms with van der Waals surface area (Å²) < 4.78 is 0. The van der Waals surface area contributed by atoms with E-state index in [0.717, 1.165) is 24.9 Å². The Hall–Kier alpha value is -2.63. The number of aromatic nitrogens is 2. The molecule has 1 aliphatic rings. The first-order chi connectivity index (χ1) is 10.2. The van der Waals surface area contributed by atoms with Crippen molar-refractivity contribution in [2.75, 3.05) is 17.2 Å². The van der Waals surface area contributed by atoms with Crippen LogP contribution in [0.1, 0.15) is 34.8 Å². The number of carbonyl (C=O) groups excluding carboxylic acids is 1. The minimum atomic E-state index is -0.509. The number of amides is 1. The number of anilines is 2. The molecule has 0 saturated carbocycles. The average Bonchev–Trinajstić information content (AvgIpc) is 2.97.